The topological polar surface area (TPSA) is 9.23 Å². The van der Waals surface area contributed by atoms with Gasteiger partial charge in [-0.2, -0.15) is 0 Å². The Bertz CT molecular complexity index is 309. The lowest BCUT2D eigenvalue weighted by Crippen LogP contribution is -2.12. The number of methoxy groups -OCH3 is 1. The summed E-state index contributed by atoms with van der Waals surface area (Å²) in [6.07, 6.45) is 0. The number of hydrogen-bond donors (Lipinski definition) is 0. The Morgan fingerprint density at radius 3 is 1.56 bits per heavy atom. The smallest absolute Gasteiger partial charge is 0.124 e. The van der Waals surface area contributed by atoms with Crippen LogP contribution in [0.5, 0.6) is 5.75 Å². The lowest BCUT2D eigenvalue weighted by Gasteiger charge is -2.21. The zero-order chi connectivity index (χ0) is 12.9. The average molecular weight is 222 g/mol. The van der Waals surface area contributed by atoms with Gasteiger partial charge in [0.25, 0.3) is 0 Å². The van der Waals surface area contributed by atoms with Gasteiger partial charge in [0.05, 0.1) is 7.11 Å². The van der Waals surface area contributed by atoms with E-state index in [1.807, 2.05) is 13.8 Å². The fraction of sp³-hybridized carbons (Fsp3) is 0.600. The highest BCUT2D eigenvalue weighted by molar-refractivity contribution is 5.45. The molecule has 0 aliphatic carbocycles. The van der Waals surface area contributed by atoms with Crippen LogP contribution in [0.2, 0.25) is 0 Å². The minimum Gasteiger partial charge on any atom is -0.496 e. The summed E-state index contributed by atoms with van der Waals surface area (Å²) in [5.41, 5.74) is 4.02. The van der Waals surface area contributed by atoms with Crippen LogP contribution in [0.1, 0.15) is 51.3 Å². The molecule has 92 valence electrons. The summed E-state index contributed by atoms with van der Waals surface area (Å²) in [4.78, 5) is 0. The Balaban J connectivity index is 0.00000106. The maximum absolute atomic E-state index is 5.34. The third-order valence-corrected chi connectivity index (χ3v) is 2.53. The maximum Gasteiger partial charge on any atom is 0.124 e. The predicted octanol–water partition coefficient (Wildman–Crippen LogP) is 4.64. The molecule has 1 aromatic carbocycles. The third-order valence-electron chi connectivity index (χ3n) is 2.53. The van der Waals surface area contributed by atoms with E-state index in [-0.39, 0.29) is 5.41 Å². The molecule has 0 atom stereocenters. The van der Waals surface area contributed by atoms with Crippen molar-refractivity contribution < 1.29 is 4.74 Å². The molecule has 0 saturated carbocycles. The third kappa shape index (κ3) is 3.55. The normalized spacial score (nSPS) is 10.5. The first-order chi connectivity index (χ1) is 7.36. The summed E-state index contributed by atoms with van der Waals surface area (Å²) < 4.78 is 5.34. The first-order valence-electron chi connectivity index (χ1n) is 6.02. The molecule has 0 amide bonds. The molecule has 0 unspecified atom stereocenters. The molecule has 0 aliphatic heterocycles. The largest absolute Gasteiger partial charge is 0.496 e. The van der Waals surface area contributed by atoms with Crippen molar-refractivity contribution in [2.24, 2.45) is 0 Å². The molecule has 0 spiro atoms. The quantitative estimate of drug-likeness (QED) is 0.673. The zero-order valence-corrected chi connectivity index (χ0v) is 12.1. The van der Waals surface area contributed by atoms with E-state index in [9.17, 15) is 0 Å². The molecule has 1 nitrogen and oxygen atoms in total. The molecule has 1 aromatic rings. The highest BCUT2D eigenvalue weighted by atomic mass is 16.5. The SMILES string of the molecule is CC.COc1c(C)cc(C(C)(C)C)cc1C. The van der Waals surface area contributed by atoms with Gasteiger partial charge >= 0.3 is 0 Å². The lowest BCUT2D eigenvalue weighted by molar-refractivity contribution is 0.408. The molecule has 0 bridgehead atoms. The van der Waals surface area contributed by atoms with E-state index in [4.69, 9.17) is 4.74 Å². The monoisotopic (exact) mass is 222 g/mol. The number of ether oxygens (including phenoxy) is 1. The molecular weight excluding hydrogens is 196 g/mol. The summed E-state index contributed by atoms with van der Waals surface area (Å²) in [5, 5.41) is 0. The summed E-state index contributed by atoms with van der Waals surface area (Å²) in [7, 11) is 1.73. The molecule has 0 saturated heterocycles. The van der Waals surface area contributed by atoms with Crippen LogP contribution in [-0.4, -0.2) is 7.11 Å². The second-order valence-corrected chi connectivity index (χ2v) is 4.89. The van der Waals surface area contributed by atoms with Gasteiger partial charge in [-0.25, -0.2) is 0 Å². The van der Waals surface area contributed by atoms with E-state index >= 15 is 0 Å². The molecule has 0 aromatic heterocycles. The standard InChI is InChI=1S/C13H20O.C2H6/c1-9-7-11(13(3,4)5)8-10(2)12(9)14-6;1-2/h7-8H,1-6H3;1-2H3. The van der Waals surface area contributed by atoms with Crippen LogP contribution >= 0.6 is 0 Å². The van der Waals surface area contributed by atoms with Crippen LogP contribution in [-0.2, 0) is 5.41 Å². The van der Waals surface area contributed by atoms with Gasteiger partial charge in [0.15, 0.2) is 0 Å². The van der Waals surface area contributed by atoms with Crippen molar-refractivity contribution in [1.29, 1.82) is 0 Å². The molecular formula is C15H26O. The van der Waals surface area contributed by atoms with E-state index in [1.165, 1.54) is 16.7 Å². The van der Waals surface area contributed by atoms with Crippen molar-refractivity contribution in [3.63, 3.8) is 0 Å². The van der Waals surface area contributed by atoms with Gasteiger partial charge in [0.1, 0.15) is 5.75 Å². The highest BCUT2D eigenvalue weighted by Gasteiger charge is 2.16. The summed E-state index contributed by atoms with van der Waals surface area (Å²) in [6, 6.07) is 4.43. The molecule has 16 heavy (non-hydrogen) atoms. The van der Waals surface area contributed by atoms with Crippen LogP contribution in [0.4, 0.5) is 0 Å². The molecule has 0 aliphatic rings. The van der Waals surface area contributed by atoms with Crippen molar-refractivity contribution in [3.05, 3.63) is 28.8 Å². The Kier molecular flexibility index (Phi) is 5.57. The first-order valence-corrected chi connectivity index (χ1v) is 6.02. The fourth-order valence-corrected chi connectivity index (χ4v) is 1.71. The van der Waals surface area contributed by atoms with Crippen LogP contribution in [0.3, 0.4) is 0 Å². The molecule has 0 radical (unpaired) electrons. The molecule has 1 heteroatoms. The van der Waals surface area contributed by atoms with Crippen molar-refractivity contribution in [1.82, 2.24) is 0 Å². The van der Waals surface area contributed by atoms with Gasteiger partial charge < -0.3 is 4.74 Å². The number of benzene rings is 1. The maximum atomic E-state index is 5.34. The Hall–Kier alpha value is -0.980. The van der Waals surface area contributed by atoms with Gasteiger partial charge in [-0.3, -0.25) is 0 Å². The van der Waals surface area contributed by atoms with Crippen LogP contribution in [0.25, 0.3) is 0 Å². The van der Waals surface area contributed by atoms with E-state index in [2.05, 4.69) is 46.8 Å². The second-order valence-electron chi connectivity index (χ2n) is 4.89. The molecule has 0 fully saturated rings. The van der Waals surface area contributed by atoms with E-state index in [0.29, 0.717) is 0 Å². The number of aryl methyl sites for hydroxylation is 2. The molecule has 1 rings (SSSR count). The summed E-state index contributed by atoms with van der Waals surface area (Å²) >= 11 is 0. The molecule has 0 heterocycles. The Labute approximate surface area is 101 Å². The second kappa shape index (κ2) is 5.93. The average Bonchev–Trinajstić information content (AvgIpc) is 2.19. The van der Waals surface area contributed by atoms with Gasteiger partial charge in [-0.05, 0) is 36.0 Å². The minimum absolute atomic E-state index is 0.210. The van der Waals surface area contributed by atoms with Crippen molar-refractivity contribution >= 4 is 0 Å². The predicted molar refractivity (Wildman–Crippen MR) is 72.5 cm³/mol. The number of hydrogen-bond acceptors (Lipinski definition) is 1. The number of rotatable bonds is 1. The fourth-order valence-electron chi connectivity index (χ4n) is 1.71. The minimum atomic E-state index is 0.210. The van der Waals surface area contributed by atoms with Gasteiger partial charge in [-0.1, -0.05) is 46.8 Å². The first kappa shape index (κ1) is 15.0. The van der Waals surface area contributed by atoms with E-state index in [1.54, 1.807) is 7.11 Å². The van der Waals surface area contributed by atoms with Crippen LogP contribution in [0, 0.1) is 13.8 Å². The molecule has 0 N–H and O–H groups in total. The highest BCUT2D eigenvalue weighted by Crippen LogP contribution is 2.30. The van der Waals surface area contributed by atoms with E-state index < -0.39 is 0 Å². The Morgan fingerprint density at radius 1 is 0.938 bits per heavy atom. The Morgan fingerprint density at radius 2 is 1.31 bits per heavy atom. The van der Waals surface area contributed by atoms with Crippen molar-refractivity contribution in [2.75, 3.05) is 7.11 Å². The lowest BCUT2D eigenvalue weighted by atomic mass is 9.85. The van der Waals surface area contributed by atoms with E-state index in [0.717, 1.165) is 5.75 Å². The van der Waals surface area contributed by atoms with Crippen LogP contribution in [0.15, 0.2) is 12.1 Å². The van der Waals surface area contributed by atoms with Crippen molar-refractivity contribution in [2.45, 2.75) is 53.9 Å². The van der Waals surface area contributed by atoms with Crippen molar-refractivity contribution in [3.8, 4) is 5.75 Å². The van der Waals surface area contributed by atoms with Gasteiger partial charge in [0, 0.05) is 0 Å². The van der Waals surface area contributed by atoms with Gasteiger partial charge in [0.2, 0.25) is 0 Å². The summed E-state index contributed by atoms with van der Waals surface area (Å²) in [5.74, 6) is 1.01. The zero-order valence-electron chi connectivity index (χ0n) is 12.1. The van der Waals surface area contributed by atoms with Crippen LogP contribution < -0.4 is 4.74 Å². The van der Waals surface area contributed by atoms with Gasteiger partial charge in [-0.15, -0.1) is 0 Å². The summed E-state index contributed by atoms with van der Waals surface area (Å²) in [6.45, 7) is 14.9.